The first-order valence-electron chi connectivity index (χ1n) is 2.25. The third-order valence-electron chi connectivity index (χ3n) is 0.745. The first-order valence-corrected chi connectivity index (χ1v) is 2.25. The van der Waals surface area contributed by atoms with Gasteiger partial charge < -0.3 is 4.74 Å². The summed E-state index contributed by atoms with van der Waals surface area (Å²) in [6.07, 6.45) is 1.33. The van der Waals surface area contributed by atoms with E-state index in [-0.39, 0.29) is 11.6 Å². The number of halogens is 1. The highest BCUT2D eigenvalue weighted by molar-refractivity contribution is 5.10. The number of ether oxygens (including phenoxy) is 1. The van der Waals surface area contributed by atoms with Crippen molar-refractivity contribution < 1.29 is 9.13 Å². The molecule has 0 aliphatic heterocycles. The maximum Gasteiger partial charge on any atom is 0.149 e. The molecule has 0 rings (SSSR count). The summed E-state index contributed by atoms with van der Waals surface area (Å²) in [5.41, 5.74) is 0. The molecule has 1 nitrogen and oxygen atoms in total. The normalized spacial score (nSPS) is 12.4. The molecule has 0 bridgehead atoms. The number of allylic oxidation sites excluding steroid dienone is 2. The van der Waals surface area contributed by atoms with Crippen molar-refractivity contribution in [2.75, 3.05) is 7.11 Å². The highest BCUT2D eigenvalue weighted by atomic mass is 19.1. The van der Waals surface area contributed by atoms with Crippen molar-refractivity contribution in [3.05, 3.63) is 24.2 Å². The zero-order valence-corrected chi connectivity index (χ0v) is 5.07. The summed E-state index contributed by atoms with van der Waals surface area (Å²) in [5.74, 6) is -0.146. The van der Waals surface area contributed by atoms with Crippen LogP contribution in [0.5, 0.6) is 0 Å². The van der Waals surface area contributed by atoms with Crippen LogP contribution < -0.4 is 0 Å². The van der Waals surface area contributed by atoms with E-state index in [1.807, 2.05) is 0 Å². The average Bonchev–Trinajstić information content (AvgIpc) is 1.69. The molecule has 0 fully saturated rings. The van der Waals surface area contributed by atoms with Crippen LogP contribution in [-0.4, -0.2) is 7.11 Å². The average molecular weight is 116 g/mol. The minimum absolute atomic E-state index is 0.199. The Balaban J connectivity index is 4.07. The predicted molar refractivity (Wildman–Crippen MR) is 31.0 cm³/mol. The first kappa shape index (κ1) is 7.21. The van der Waals surface area contributed by atoms with Crippen LogP contribution in [0, 0.1) is 0 Å². The van der Waals surface area contributed by atoms with Crippen molar-refractivity contribution in [3.63, 3.8) is 0 Å². The third-order valence-corrected chi connectivity index (χ3v) is 0.745. The van der Waals surface area contributed by atoms with Gasteiger partial charge in [0.1, 0.15) is 11.6 Å². The van der Waals surface area contributed by atoms with Gasteiger partial charge in [0.15, 0.2) is 0 Å². The summed E-state index contributed by atoms with van der Waals surface area (Å²) in [5, 5.41) is 0. The van der Waals surface area contributed by atoms with E-state index < -0.39 is 0 Å². The third kappa shape index (κ3) is 1.78. The Labute approximate surface area is 48.5 Å². The minimum atomic E-state index is -0.345. The molecular weight excluding hydrogens is 107 g/mol. The Morgan fingerprint density at radius 1 is 1.75 bits per heavy atom. The maximum atomic E-state index is 12.0. The van der Waals surface area contributed by atoms with E-state index in [0.717, 1.165) is 0 Å². The van der Waals surface area contributed by atoms with Gasteiger partial charge in [-0.05, 0) is 13.0 Å². The topological polar surface area (TPSA) is 9.23 Å². The van der Waals surface area contributed by atoms with Crippen LogP contribution in [0.3, 0.4) is 0 Å². The number of hydrogen-bond donors (Lipinski definition) is 0. The second-order valence-corrected chi connectivity index (χ2v) is 1.31. The van der Waals surface area contributed by atoms with E-state index in [2.05, 4.69) is 11.3 Å². The summed E-state index contributed by atoms with van der Waals surface area (Å²) in [4.78, 5) is 0. The van der Waals surface area contributed by atoms with Gasteiger partial charge in [-0.25, -0.2) is 4.39 Å². The Morgan fingerprint density at radius 3 is 2.25 bits per heavy atom. The molecule has 0 aliphatic carbocycles. The first-order chi connectivity index (χ1) is 3.72. The summed E-state index contributed by atoms with van der Waals surface area (Å²) in [6.45, 7) is 4.65. The number of hydrogen-bond acceptors (Lipinski definition) is 1. The smallest absolute Gasteiger partial charge is 0.149 e. The van der Waals surface area contributed by atoms with Gasteiger partial charge in [-0.2, -0.15) is 0 Å². The summed E-state index contributed by atoms with van der Waals surface area (Å²) in [6, 6.07) is 0. The van der Waals surface area contributed by atoms with Gasteiger partial charge in [-0.15, -0.1) is 0 Å². The Morgan fingerprint density at radius 2 is 2.25 bits per heavy atom. The van der Waals surface area contributed by atoms with Gasteiger partial charge in [-0.1, -0.05) is 6.58 Å². The largest absolute Gasteiger partial charge is 0.494 e. The van der Waals surface area contributed by atoms with Crippen LogP contribution in [0.2, 0.25) is 0 Å². The molecule has 0 aromatic carbocycles. The summed E-state index contributed by atoms with van der Waals surface area (Å²) >= 11 is 0. The van der Waals surface area contributed by atoms with E-state index in [9.17, 15) is 4.39 Å². The lowest BCUT2D eigenvalue weighted by Crippen LogP contribution is -1.81. The molecule has 0 aromatic heterocycles. The summed E-state index contributed by atoms with van der Waals surface area (Å²) < 4.78 is 16.6. The molecule has 8 heavy (non-hydrogen) atoms. The molecule has 0 aliphatic rings. The minimum Gasteiger partial charge on any atom is -0.494 e. The Kier molecular flexibility index (Phi) is 2.92. The fourth-order valence-corrected chi connectivity index (χ4v) is 0.365. The molecule has 0 radical (unpaired) electrons. The summed E-state index contributed by atoms with van der Waals surface area (Å²) in [7, 11) is 1.40. The lowest BCUT2D eigenvalue weighted by Gasteiger charge is -1.96. The zero-order valence-electron chi connectivity index (χ0n) is 5.07. The Hall–Kier alpha value is -0.790. The second kappa shape index (κ2) is 3.24. The SMILES string of the molecule is C=C/C(OC)=C(\C)F. The number of rotatable bonds is 2. The molecule has 0 saturated heterocycles. The fraction of sp³-hybridized carbons (Fsp3) is 0.333. The quantitative estimate of drug-likeness (QED) is 0.396. The lowest BCUT2D eigenvalue weighted by molar-refractivity contribution is 0.291. The molecule has 0 N–H and O–H groups in total. The van der Waals surface area contributed by atoms with E-state index in [0.29, 0.717) is 0 Å². The molecule has 0 heterocycles. The van der Waals surface area contributed by atoms with E-state index >= 15 is 0 Å². The standard InChI is InChI=1S/C6H9FO/c1-4-6(8-3)5(2)7/h4H,1H2,2-3H3/b6-5-. The van der Waals surface area contributed by atoms with Crippen LogP contribution in [-0.2, 0) is 4.74 Å². The van der Waals surface area contributed by atoms with Crippen molar-refractivity contribution in [1.82, 2.24) is 0 Å². The van der Waals surface area contributed by atoms with Crippen LogP contribution in [0.25, 0.3) is 0 Å². The van der Waals surface area contributed by atoms with Crippen molar-refractivity contribution in [2.45, 2.75) is 6.92 Å². The molecule has 46 valence electrons. The van der Waals surface area contributed by atoms with Crippen LogP contribution in [0.4, 0.5) is 4.39 Å². The van der Waals surface area contributed by atoms with Gasteiger partial charge in [0.2, 0.25) is 0 Å². The van der Waals surface area contributed by atoms with Gasteiger partial charge >= 0.3 is 0 Å². The molecule has 0 saturated carbocycles. The monoisotopic (exact) mass is 116 g/mol. The highest BCUT2D eigenvalue weighted by Crippen LogP contribution is 2.05. The highest BCUT2D eigenvalue weighted by Gasteiger charge is 1.92. The molecule has 0 amide bonds. The van der Waals surface area contributed by atoms with Crippen molar-refractivity contribution in [2.24, 2.45) is 0 Å². The van der Waals surface area contributed by atoms with Crippen molar-refractivity contribution in [1.29, 1.82) is 0 Å². The fourth-order valence-electron chi connectivity index (χ4n) is 0.365. The van der Waals surface area contributed by atoms with Gasteiger partial charge in [0.25, 0.3) is 0 Å². The molecule has 0 spiro atoms. The van der Waals surface area contributed by atoms with Crippen LogP contribution in [0.15, 0.2) is 24.2 Å². The lowest BCUT2D eigenvalue weighted by atomic mass is 10.4. The molecule has 0 unspecified atom stereocenters. The van der Waals surface area contributed by atoms with Gasteiger partial charge in [0, 0.05) is 0 Å². The van der Waals surface area contributed by atoms with E-state index in [4.69, 9.17) is 0 Å². The number of methoxy groups -OCH3 is 1. The predicted octanol–water partition coefficient (Wildman–Crippen LogP) is 2.02. The Bertz CT molecular complexity index is 112. The van der Waals surface area contributed by atoms with Crippen molar-refractivity contribution >= 4 is 0 Å². The molecule has 2 heteroatoms. The van der Waals surface area contributed by atoms with E-state index in [1.54, 1.807) is 0 Å². The van der Waals surface area contributed by atoms with E-state index in [1.165, 1.54) is 20.1 Å². The molecule has 0 atom stereocenters. The maximum absolute atomic E-state index is 12.0. The molecular formula is C6H9FO. The van der Waals surface area contributed by atoms with Crippen LogP contribution >= 0.6 is 0 Å². The van der Waals surface area contributed by atoms with Crippen LogP contribution in [0.1, 0.15) is 6.92 Å². The second-order valence-electron chi connectivity index (χ2n) is 1.31. The molecule has 0 aromatic rings. The van der Waals surface area contributed by atoms with Crippen molar-refractivity contribution in [3.8, 4) is 0 Å². The van der Waals surface area contributed by atoms with Gasteiger partial charge in [-0.3, -0.25) is 0 Å². The van der Waals surface area contributed by atoms with Gasteiger partial charge in [0.05, 0.1) is 7.11 Å². The zero-order chi connectivity index (χ0) is 6.57.